The average Bonchev–Trinajstić information content (AvgIpc) is 2.43. The van der Waals surface area contributed by atoms with E-state index in [0.29, 0.717) is 0 Å². The van der Waals surface area contributed by atoms with E-state index in [4.69, 9.17) is 14.6 Å². The molecule has 0 saturated carbocycles. The number of methoxy groups -OCH3 is 2. The van der Waals surface area contributed by atoms with Gasteiger partial charge >= 0.3 is 0 Å². The highest BCUT2D eigenvalue weighted by Gasteiger charge is 2.25. The maximum absolute atomic E-state index is 13.8. The number of aliphatic hydroxyl groups is 1. The topological polar surface area (TPSA) is 84.9 Å². The van der Waals surface area contributed by atoms with Crippen LogP contribution in [0.25, 0.3) is 0 Å². The highest BCUT2D eigenvalue weighted by Crippen LogP contribution is 2.31. The first-order valence-electron chi connectivity index (χ1n) is 5.60. The smallest absolute Gasteiger partial charge is 0.265 e. The second kappa shape index (κ2) is 6.96. The van der Waals surface area contributed by atoms with E-state index in [0.717, 1.165) is 12.1 Å². The Morgan fingerprint density at radius 3 is 2.24 bits per heavy atom. The van der Waals surface area contributed by atoms with E-state index in [1.165, 1.54) is 14.2 Å². The van der Waals surface area contributed by atoms with Crippen molar-refractivity contribution in [3.05, 3.63) is 17.9 Å². The van der Waals surface area contributed by atoms with Crippen molar-refractivity contribution in [2.75, 3.05) is 20.8 Å². The van der Waals surface area contributed by atoms with E-state index in [9.17, 15) is 21.6 Å². The van der Waals surface area contributed by atoms with Crippen LogP contribution in [0.3, 0.4) is 0 Å². The Hall–Kier alpha value is -1.52. The average molecular weight is 329 g/mol. The number of nitrogens with one attached hydrogen (secondary N) is 1. The van der Waals surface area contributed by atoms with Gasteiger partial charge < -0.3 is 14.6 Å². The molecule has 1 unspecified atom stereocenters. The Labute approximate surface area is 119 Å². The van der Waals surface area contributed by atoms with Crippen molar-refractivity contribution >= 4 is 10.0 Å². The van der Waals surface area contributed by atoms with Crippen LogP contribution in [-0.4, -0.2) is 46.8 Å². The molecule has 0 fully saturated rings. The molecule has 0 aromatic heterocycles. The number of ether oxygens (including phenoxy) is 2. The molecule has 1 rings (SSSR count). The van der Waals surface area contributed by atoms with E-state index in [2.05, 4.69) is 0 Å². The fourth-order valence-electron chi connectivity index (χ4n) is 1.40. The molecule has 1 atom stereocenters. The summed E-state index contributed by atoms with van der Waals surface area (Å²) in [6, 6.07) is 1.64. The van der Waals surface area contributed by atoms with Crippen molar-refractivity contribution in [3.63, 3.8) is 0 Å². The van der Waals surface area contributed by atoms with Crippen LogP contribution in [0.4, 0.5) is 13.2 Å². The predicted molar refractivity (Wildman–Crippen MR) is 66.7 cm³/mol. The number of hydrogen-bond donors (Lipinski definition) is 2. The van der Waals surface area contributed by atoms with Crippen molar-refractivity contribution in [1.82, 2.24) is 4.72 Å². The van der Waals surface area contributed by atoms with Gasteiger partial charge in [-0.2, -0.15) is 0 Å². The third-order valence-electron chi connectivity index (χ3n) is 2.50. The first kappa shape index (κ1) is 17.5. The molecule has 6 nitrogen and oxygen atoms in total. The van der Waals surface area contributed by atoms with Crippen molar-refractivity contribution < 1.29 is 36.2 Å². The van der Waals surface area contributed by atoms with Gasteiger partial charge in [0.2, 0.25) is 10.0 Å². The van der Waals surface area contributed by atoms with Gasteiger partial charge in [-0.25, -0.2) is 26.3 Å². The van der Waals surface area contributed by atoms with Gasteiger partial charge in [0.15, 0.2) is 11.5 Å². The summed E-state index contributed by atoms with van der Waals surface area (Å²) in [6.07, 6.45) is -5.31. The van der Waals surface area contributed by atoms with E-state index < -0.39 is 39.8 Å². The summed E-state index contributed by atoms with van der Waals surface area (Å²) in [7, 11) is -1.97. The fraction of sp³-hybridized carbons (Fsp3) is 0.455. The van der Waals surface area contributed by atoms with Crippen LogP contribution >= 0.6 is 0 Å². The molecule has 21 heavy (non-hydrogen) atoms. The predicted octanol–water partition coefficient (Wildman–Crippen LogP) is 0.747. The Bertz CT molecular complexity index is 594. The lowest BCUT2D eigenvalue weighted by molar-refractivity contribution is -0.000456. The third kappa shape index (κ3) is 4.22. The van der Waals surface area contributed by atoms with Crippen LogP contribution < -0.4 is 14.2 Å². The minimum atomic E-state index is -4.43. The molecule has 0 aliphatic carbocycles. The largest absolute Gasteiger partial charge is 0.493 e. The normalized spacial score (nSPS) is 13.3. The first-order chi connectivity index (χ1) is 9.72. The third-order valence-corrected chi connectivity index (χ3v) is 3.94. The summed E-state index contributed by atoms with van der Waals surface area (Å²) in [4.78, 5) is -0.804. The molecule has 0 spiro atoms. The minimum Gasteiger partial charge on any atom is -0.493 e. The maximum atomic E-state index is 13.8. The SMILES string of the molecule is COc1cc(F)c(S(=O)(=O)NCC(O)C(F)F)cc1OC. The second-order valence-electron chi connectivity index (χ2n) is 3.89. The van der Waals surface area contributed by atoms with E-state index in [-0.39, 0.29) is 11.5 Å². The lowest BCUT2D eigenvalue weighted by Gasteiger charge is -2.14. The molecule has 0 saturated heterocycles. The number of hydrogen-bond acceptors (Lipinski definition) is 5. The molecule has 0 aliphatic rings. The van der Waals surface area contributed by atoms with Crippen molar-refractivity contribution in [1.29, 1.82) is 0 Å². The monoisotopic (exact) mass is 329 g/mol. The van der Waals surface area contributed by atoms with Crippen LogP contribution in [0, 0.1) is 5.82 Å². The Kier molecular flexibility index (Phi) is 5.81. The molecule has 1 aromatic rings. The minimum absolute atomic E-state index is 0.0263. The van der Waals surface area contributed by atoms with Crippen LogP contribution in [-0.2, 0) is 10.0 Å². The van der Waals surface area contributed by atoms with Gasteiger partial charge in [0, 0.05) is 18.7 Å². The van der Waals surface area contributed by atoms with E-state index in [1.807, 2.05) is 0 Å². The highest BCUT2D eigenvalue weighted by atomic mass is 32.2. The molecule has 1 aromatic carbocycles. The van der Waals surface area contributed by atoms with Gasteiger partial charge in [0.25, 0.3) is 6.43 Å². The number of rotatable bonds is 7. The maximum Gasteiger partial charge on any atom is 0.265 e. The number of aliphatic hydroxyl groups excluding tert-OH is 1. The molecule has 10 heteroatoms. The van der Waals surface area contributed by atoms with Crippen LogP contribution in [0.5, 0.6) is 11.5 Å². The number of halogens is 3. The number of sulfonamides is 1. The van der Waals surface area contributed by atoms with Gasteiger partial charge in [-0.15, -0.1) is 0 Å². The molecular weight excluding hydrogens is 315 g/mol. The zero-order valence-corrected chi connectivity index (χ0v) is 12.0. The van der Waals surface area contributed by atoms with Gasteiger partial charge in [-0.05, 0) is 0 Å². The van der Waals surface area contributed by atoms with Gasteiger partial charge in [0.05, 0.1) is 14.2 Å². The van der Waals surface area contributed by atoms with E-state index in [1.54, 1.807) is 4.72 Å². The van der Waals surface area contributed by atoms with E-state index >= 15 is 0 Å². The summed E-state index contributed by atoms with van der Waals surface area (Å²) in [5, 5.41) is 8.87. The summed E-state index contributed by atoms with van der Waals surface area (Å²) < 4.78 is 73.0. The highest BCUT2D eigenvalue weighted by molar-refractivity contribution is 7.89. The second-order valence-corrected chi connectivity index (χ2v) is 5.63. The Morgan fingerprint density at radius 1 is 1.24 bits per heavy atom. The zero-order valence-electron chi connectivity index (χ0n) is 11.1. The molecule has 2 N–H and O–H groups in total. The standard InChI is InChI=1S/C11H14F3NO5S/c1-19-8-3-6(12)10(4-9(8)20-2)21(17,18)15-5-7(16)11(13)14/h3-4,7,11,15-16H,5H2,1-2H3. The van der Waals surface area contributed by atoms with Crippen molar-refractivity contribution in [2.45, 2.75) is 17.4 Å². The van der Waals surface area contributed by atoms with Crippen LogP contribution in [0.2, 0.25) is 0 Å². The summed E-state index contributed by atoms with van der Waals surface area (Å²) in [5.41, 5.74) is 0. The summed E-state index contributed by atoms with van der Waals surface area (Å²) in [5.74, 6) is -1.22. The van der Waals surface area contributed by atoms with Crippen LogP contribution in [0.15, 0.2) is 17.0 Å². The zero-order chi connectivity index (χ0) is 16.2. The molecule has 0 heterocycles. The van der Waals surface area contributed by atoms with Crippen molar-refractivity contribution in [3.8, 4) is 11.5 Å². The molecule has 0 radical (unpaired) electrons. The molecule has 0 amide bonds. The Morgan fingerprint density at radius 2 is 1.76 bits per heavy atom. The molecular formula is C11H14F3NO5S. The number of alkyl halides is 2. The van der Waals surface area contributed by atoms with Gasteiger partial charge in [-0.3, -0.25) is 0 Å². The summed E-state index contributed by atoms with van der Waals surface area (Å²) >= 11 is 0. The van der Waals surface area contributed by atoms with Crippen molar-refractivity contribution in [2.24, 2.45) is 0 Å². The Balaban J connectivity index is 3.08. The lowest BCUT2D eigenvalue weighted by Crippen LogP contribution is -2.36. The molecule has 0 bridgehead atoms. The van der Waals surface area contributed by atoms with Crippen LogP contribution in [0.1, 0.15) is 0 Å². The first-order valence-corrected chi connectivity index (χ1v) is 7.08. The molecule has 0 aliphatic heterocycles. The summed E-state index contributed by atoms with van der Waals surface area (Å²) in [6.45, 7) is -0.951. The lowest BCUT2D eigenvalue weighted by atomic mass is 10.3. The van der Waals surface area contributed by atoms with Gasteiger partial charge in [-0.1, -0.05) is 0 Å². The number of benzene rings is 1. The molecule has 120 valence electrons. The fourth-order valence-corrected chi connectivity index (χ4v) is 2.53. The quantitative estimate of drug-likeness (QED) is 0.771. The van der Waals surface area contributed by atoms with Gasteiger partial charge in [0.1, 0.15) is 16.8 Å².